The second-order valence-corrected chi connectivity index (χ2v) is 7.21. The normalized spacial score (nSPS) is 22.1. The van der Waals surface area contributed by atoms with Crippen LogP contribution in [-0.4, -0.2) is 24.5 Å². The highest BCUT2D eigenvalue weighted by Crippen LogP contribution is 2.40. The molecule has 5 nitrogen and oxygen atoms in total. The second-order valence-electron chi connectivity index (χ2n) is 7.21. The van der Waals surface area contributed by atoms with Gasteiger partial charge in [0, 0.05) is 19.0 Å². The van der Waals surface area contributed by atoms with Crippen molar-refractivity contribution in [2.24, 2.45) is 17.1 Å². The standard InChI is InChI=1S/C17H33N3O2/c1-4-17(2,3)13-8-10-14(11-9-13)20-15(21)7-5-6-12-19-16(18)22/h13-14H,4-12H2,1-3H3,(H,20,21)(H3,18,19,22). The van der Waals surface area contributed by atoms with Crippen molar-refractivity contribution < 1.29 is 9.59 Å². The third kappa shape index (κ3) is 6.67. The van der Waals surface area contributed by atoms with E-state index >= 15 is 0 Å². The first-order valence-corrected chi connectivity index (χ1v) is 8.68. The van der Waals surface area contributed by atoms with Gasteiger partial charge in [0.1, 0.15) is 0 Å². The van der Waals surface area contributed by atoms with Crippen molar-refractivity contribution in [3.63, 3.8) is 0 Å². The number of nitrogens with two attached hydrogens (primary N) is 1. The quantitative estimate of drug-likeness (QED) is 0.602. The molecule has 0 bridgehead atoms. The van der Waals surface area contributed by atoms with E-state index in [0.29, 0.717) is 24.4 Å². The van der Waals surface area contributed by atoms with E-state index in [-0.39, 0.29) is 5.91 Å². The number of hydrogen-bond acceptors (Lipinski definition) is 2. The van der Waals surface area contributed by atoms with Gasteiger partial charge in [-0.2, -0.15) is 0 Å². The highest BCUT2D eigenvalue weighted by Gasteiger charge is 2.32. The van der Waals surface area contributed by atoms with Crippen molar-refractivity contribution in [1.82, 2.24) is 10.6 Å². The number of hydrogen-bond donors (Lipinski definition) is 3. The lowest BCUT2D eigenvalue weighted by Crippen LogP contribution is -2.39. The number of carbonyl (C=O) groups is 2. The Morgan fingerprint density at radius 2 is 1.77 bits per heavy atom. The van der Waals surface area contributed by atoms with Gasteiger partial charge in [-0.25, -0.2) is 4.79 Å². The topological polar surface area (TPSA) is 84.2 Å². The van der Waals surface area contributed by atoms with Crippen LogP contribution in [0, 0.1) is 11.3 Å². The number of nitrogens with one attached hydrogen (secondary N) is 2. The van der Waals surface area contributed by atoms with Crippen LogP contribution in [0.3, 0.4) is 0 Å². The number of primary amides is 1. The van der Waals surface area contributed by atoms with Gasteiger partial charge in [-0.3, -0.25) is 4.79 Å². The molecule has 0 saturated heterocycles. The van der Waals surface area contributed by atoms with E-state index in [1.165, 1.54) is 19.3 Å². The molecular formula is C17H33N3O2. The lowest BCUT2D eigenvalue weighted by molar-refractivity contribution is -0.122. The van der Waals surface area contributed by atoms with Crippen LogP contribution < -0.4 is 16.4 Å². The van der Waals surface area contributed by atoms with E-state index < -0.39 is 6.03 Å². The Kier molecular flexibility index (Phi) is 7.69. The summed E-state index contributed by atoms with van der Waals surface area (Å²) in [5.74, 6) is 0.919. The Morgan fingerprint density at radius 3 is 2.32 bits per heavy atom. The van der Waals surface area contributed by atoms with E-state index in [2.05, 4.69) is 31.4 Å². The molecule has 4 N–H and O–H groups in total. The summed E-state index contributed by atoms with van der Waals surface area (Å²) in [5, 5.41) is 5.69. The molecule has 0 heterocycles. The smallest absolute Gasteiger partial charge is 0.312 e. The van der Waals surface area contributed by atoms with Crippen LogP contribution in [0.15, 0.2) is 0 Å². The summed E-state index contributed by atoms with van der Waals surface area (Å²) < 4.78 is 0. The van der Waals surface area contributed by atoms with Gasteiger partial charge in [0.15, 0.2) is 0 Å². The largest absolute Gasteiger partial charge is 0.353 e. The van der Waals surface area contributed by atoms with Crippen LogP contribution in [0.4, 0.5) is 4.79 Å². The molecule has 5 heteroatoms. The molecule has 1 aliphatic carbocycles. The van der Waals surface area contributed by atoms with Crippen LogP contribution in [0.1, 0.15) is 72.1 Å². The van der Waals surface area contributed by atoms with Gasteiger partial charge in [-0.1, -0.05) is 27.2 Å². The number of urea groups is 1. The van der Waals surface area contributed by atoms with Crippen LogP contribution in [0.2, 0.25) is 0 Å². The fourth-order valence-electron chi connectivity index (χ4n) is 3.23. The maximum absolute atomic E-state index is 11.9. The summed E-state index contributed by atoms with van der Waals surface area (Å²) in [6.45, 7) is 7.52. The van der Waals surface area contributed by atoms with E-state index in [1.807, 2.05) is 0 Å². The molecular weight excluding hydrogens is 278 g/mol. The first-order valence-electron chi connectivity index (χ1n) is 8.68. The van der Waals surface area contributed by atoms with E-state index in [1.54, 1.807) is 0 Å². The number of amides is 3. The maximum Gasteiger partial charge on any atom is 0.312 e. The van der Waals surface area contributed by atoms with Gasteiger partial charge in [0.05, 0.1) is 0 Å². The average Bonchev–Trinajstić information content (AvgIpc) is 2.47. The molecule has 0 unspecified atom stereocenters. The number of carbonyl (C=O) groups excluding carboxylic acids is 2. The summed E-state index contributed by atoms with van der Waals surface area (Å²) in [4.78, 5) is 22.4. The molecule has 0 aromatic rings. The van der Waals surface area contributed by atoms with E-state index in [0.717, 1.165) is 31.6 Å². The minimum Gasteiger partial charge on any atom is -0.353 e. The molecule has 1 aliphatic rings. The highest BCUT2D eigenvalue weighted by molar-refractivity contribution is 5.76. The SMILES string of the molecule is CCC(C)(C)C1CCC(NC(=O)CCCCNC(N)=O)CC1. The Labute approximate surface area is 134 Å². The summed E-state index contributed by atoms with van der Waals surface area (Å²) >= 11 is 0. The Bertz CT molecular complexity index is 361. The van der Waals surface area contributed by atoms with Crippen LogP contribution in [0.25, 0.3) is 0 Å². The van der Waals surface area contributed by atoms with Crippen molar-refractivity contribution in [3.8, 4) is 0 Å². The van der Waals surface area contributed by atoms with Gasteiger partial charge < -0.3 is 16.4 Å². The van der Waals surface area contributed by atoms with Crippen molar-refractivity contribution >= 4 is 11.9 Å². The summed E-state index contributed by atoms with van der Waals surface area (Å²) in [7, 11) is 0. The molecule has 0 atom stereocenters. The first-order chi connectivity index (χ1) is 10.3. The lowest BCUT2D eigenvalue weighted by atomic mass is 9.69. The van der Waals surface area contributed by atoms with E-state index in [9.17, 15) is 9.59 Å². The monoisotopic (exact) mass is 311 g/mol. The molecule has 0 spiro atoms. The molecule has 1 fully saturated rings. The first kappa shape index (κ1) is 18.8. The second kappa shape index (κ2) is 9.01. The number of rotatable bonds is 8. The zero-order valence-electron chi connectivity index (χ0n) is 14.4. The minimum absolute atomic E-state index is 0.136. The Hall–Kier alpha value is -1.26. The van der Waals surface area contributed by atoms with Gasteiger partial charge >= 0.3 is 6.03 Å². The third-order valence-electron chi connectivity index (χ3n) is 5.24. The average molecular weight is 311 g/mol. The molecule has 128 valence electrons. The molecule has 1 rings (SSSR count). The fraction of sp³-hybridized carbons (Fsp3) is 0.882. The predicted molar refractivity (Wildman–Crippen MR) is 89.4 cm³/mol. The van der Waals surface area contributed by atoms with Crippen LogP contribution in [0.5, 0.6) is 0 Å². The van der Waals surface area contributed by atoms with Gasteiger partial charge in [0.2, 0.25) is 5.91 Å². The maximum atomic E-state index is 11.9. The van der Waals surface area contributed by atoms with Crippen molar-refractivity contribution in [3.05, 3.63) is 0 Å². The summed E-state index contributed by atoms with van der Waals surface area (Å²) in [6.07, 6.45) is 7.95. The zero-order valence-corrected chi connectivity index (χ0v) is 14.4. The van der Waals surface area contributed by atoms with Crippen LogP contribution in [-0.2, 0) is 4.79 Å². The molecule has 0 aromatic heterocycles. The predicted octanol–water partition coefficient (Wildman–Crippen LogP) is 2.94. The Morgan fingerprint density at radius 1 is 1.14 bits per heavy atom. The van der Waals surface area contributed by atoms with Crippen molar-refractivity contribution in [1.29, 1.82) is 0 Å². The van der Waals surface area contributed by atoms with Crippen LogP contribution >= 0.6 is 0 Å². The molecule has 22 heavy (non-hydrogen) atoms. The van der Waals surface area contributed by atoms with Crippen molar-refractivity contribution in [2.45, 2.75) is 78.2 Å². The summed E-state index contributed by atoms with van der Waals surface area (Å²) in [5.41, 5.74) is 5.40. The number of unbranched alkanes of at least 4 members (excludes halogenated alkanes) is 1. The third-order valence-corrected chi connectivity index (χ3v) is 5.24. The lowest BCUT2D eigenvalue weighted by Gasteiger charge is -2.39. The molecule has 0 aliphatic heterocycles. The minimum atomic E-state index is -0.504. The van der Waals surface area contributed by atoms with E-state index in [4.69, 9.17) is 5.73 Å². The fourth-order valence-corrected chi connectivity index (χ4v) is 3.23. The molecule has 0 radical (unpaired) electrons. The molecule has 0 aromatic carbocycles. The highest BCUT2D eigenvalue weighted by atomic mass is 16.2. The Balaban J connectivity index is 2.15. The zero-order chi connectivity index (χ0) is 16.6. The summed E-state index contributed by atoms with van der Waals surface area (Å²) in [6, 6.07) is -0.156. The van der Waals surface area contributed by atoms with Gasteiger partial charge in [-0.05, 0) is 49.9 Å². The van der Waals surface area contributed by atoms with Gasteiger partial charge in [-0.15, -0.1) is 0 Å². The van der Waals surface area contributed by atoms with Gasteiger partial charge in [0.25, 0.3) is 0 Å². The molecule has 1 saturated carbocycles. The molecule has 3 amide bonds. The van der Waals surface area contributed by atoms with Crippen molar-refractivity contribution in [2.75, 3.05) is 6.54 Å².